The van der Waals surface area contributed by atoms with Crippen LogP contribution >= 0.6 is 11.3 Å². The summed E-state index contributed by atoms with van der Waals surface area (Å²) < 4.78 is 17.0. The van der Waals surface area contributed by atoms with Crippen LogP contribution in [0.5, 0.6) is 23.0 Å². The maximum absolute atomic E-state index is 10.1. The Balaban J connectivity index is 1.83. The Hall–Kier alpha value is -2.66. The van der Waals surface area contributed by atoms with Crippen LogP contribution in [0.2, 0.25) is 0 Å². The SMILES string of the molecule is COc1cc(/C=C/Cc2cc(O)c3sccc3c2)cc(OC)c1OC. The number of hydrogen-bond donors (Lipinski definition) is 1. The van der Waals surface area contributed by atoms with Gasteiger partial charge < -0.3 is 19.3 Å². The van der Waals surface area contributed by atoms with Gasteiger partial charge in [0.1, 0.15) is 5.75 Å². The molecule has 2 aromatic carbocycles. The highest BCUT2D eigenvalue weighted by molar-refractivity contribution is 7.17. The van der Waals surface area contributed by atoms with E-state index in [1.165, 1.54) is 0 Å². The van der Waals surface area contributed by atoms with E-state index in [9.17, 15) is 5.11 Å². The van der Waals surface area contributed by atoms with Crippen molar-refractivity contribution in [3.05, 3.63) is 52.9 Å². The molecule has 3 aromatic rings. The van der Waals surface area contributed by atoms with E-state index in [1.54, 1.807) is 32.7 Å². The van der Waals surface area contributed by atoms with Gasteiger partial charge in [0.05, 0.1) is 26.0 Å². The van der Waals surface area contributed by atoms with Crippen LogP contribution in [0.25, 0.3) is 16.2 Å². The third kappa shape index (κ3) is 3.56. The molecule has 0 atom stereocenters. The van der Waals surface area contributed by atoms with Crippen LogP contribution in [0.1, 0.15) is 11.1 Å². The van der Waals surface area contributed by atoms with Gasteiger partial charge in [0.25, 0.3) is 0 Å². The van der Waals surface area contributed by atoms with E-state index in [2.05, 4.69) is 6.07 Å². The number of aromatic hydroxyl groups is 1. The lowest BCUT2D eigenvalue weighted by molar-refractivity contribution is 0.324. The van der Waals surface area contributed by atoms with Crippen LogP contribution in [0.4, 0.5) is 0 Å². The van der Waals surface area contributed by atoms with E-state index in [0.29, 0.717) is 23.0 Å². The highest BCUT2D eigenvalue weighted by Crippen LogP contribution is 2.38. The van der Waals surface area contributed by atoms with Crippen molar-refractivity contribution in [1.29, 1.82) is 0 Å². The Kier molecular flexibility index (Phi) is 5.14. The standard InChI is InChI=1S/C20H20O4S/c1-22-17-11-14(12-18(23-2)19(17)24-3)6-4-5-13-9-15-7-8-25-20(15)16(21)10-13/h4,6-12,21H,5H2,1-3H3/b6-4+. The fourth-order valence-corrected chi connectivity index (χ4v) is 3.56. The van der Waals surface area contributed by atoms with Crippen molar-refractivity contribution >= 4 is 27.5 Å². The third-order valence-corrected chi connectivity index (χ3v) is 4.89. The van der Waals surface area contributed by atoms with Crippen LogP contribution in [0.3, 0.4) is 0 Å². The molecule has 0 bridgehead atoms. The van der Waals surface area contributed by atoms with Gasteiger partial charge in [0.15, 0.2) is 11.5 Å². The van der Waals surface area contributed by atoms with E-state index in [-0.39, 0.29) is 0 Å². The van der Waals surface area contributed by atoms with Crippen LogP contribution in [0, 0.1) is 0 Å². The molecule has 4 nitrogen and oxygen atoms in total. The van der Waals surface area contributed by atoms with Gasteiger partial charge in [0.2, 0.25) is 5.75 Å². The van der Waals surface area contributed by atoms with E-state index >= 15 is 0 Å². The minimum Gasteiger partial charge on any atom is -0.506 e. The third-order valence-electron chi connectivity index (χ3n) is 3.94. The van der Waals surface area contributed by atoms with Gasteiger partial charge in [-0.1, -0.05) is 12.2 Å². The Morgan fingerprint density at radius 1 is 1.00 bits per heavy atom. The zero-order chi connectivity index (χ0) is 17.8. The van der Waals surface area contributed by atoms with Crippen LogP contribution in [-0.4, -0.2) is 26.4 Å². The van der Waals surface area contributed by atoms with Crippen molar-refractivity contribution < 1.29 is 19.3 Å². The number of rotatable bonds is 6. The second-order valence-corrected chi connectivity index (χ2v) is 6.44. The van der Waals surface area contributed by atoms with E-state index in [1.807, 2.05) is 41.8 Å². The summed E-state index contributed by atoms with van der Waals surface area (Å²) in [6.45, 7) is 0. The lowest BCUT2D eigenvalue weighted by Crippen LogP contribution is -1.95. The number of fused-ring (bicyclic) bond motifs is 1. The Labute approximate surface area is 150 Å². The normalized spacial score (nSPS) is 11.2. The molecule has 0 saturated carbocycles. The molecule has 0 saturated heterocycles. The lowest BCUT2D eigenvalue weighted by Gasteiger charge is -2.12. The first kappa shape index (κ1) is 17.2. The molecule has 1 heterocycles. The molecule has 1 aromatic heterocycles. The van der Waals surface area contributed by atoms with Crippen LogP contribution in [-0.2, 0) is 6.42 Å². The van der Waals surface area contributed by atoms with Crippen molar-refractivity contribution in [2.24, 2.45) is 0 Å². The monoisotopic (exact) mass is 356 g/mol. The summed E-state index contributed by atoms with van der Waals surface area (Å²) >= 11 is 1.55. The summed E-state index contributed by atoms with van der Waals surface area (Å²) in [4.78, 5) is 0. The number of benzene rings is 2. The first-order chi connectivity index (χ1) is 12.2. The topological polar surface area (TPSA) is 47.9 Å². The number of thiophene rings is 1. The molecular formula is C20H20O4S. The van der Waals surface area contributed by atoms with Crippen LogP contribution in [0.15, 0.2) is 41.8 Å². The summed E-state index contributed by atoms with van der Waals surface area (Å²) in [5.41, 5.74) is 2.02. The van der Waals surface area contributed by atoms with Crippen molar-refractivity contribution in [3.63, 3.8) is 0 Å². The fourth-order valence-electron chi connectivity index (χ4n) is 2.77. The molecule has 0 radical (unpaired) electrons. The minimum atomic E-state index is 0.337. The van der Waals surface area contributed by atoms with Crippen LogP contribution < -0.4 is 14.2 Å². The number of ether oxygens (including phenoxy) is 3. The van der Waals surface area contributed by atoms with Gasteiger partial charge in [-0.3, -0.25) is 0 Å². The quantitative estimate of drug-likeness (QED) is 0.683. The average Bonchev–Trinajstić information content (AvgIpc) is 3.10. The van der Waals surface area contributed by atoms with Gasteiger partial charge in [-0.2, -0.15) is 0 Å². The summed E-state index contributed by atoms with van der Waals surface area (Å²) in [5.74, 6) is 2.16. The zero-order valence-electron chi connectivity index (χ0n) is 14.4. The van der Waals surface area contributed by atoms with E-state index < -0.39 is 0 Å². The highest BCUT2D eigenvalue weighted by Gasteiger charge is 2.12. The summed E-state index contributed by atoms with van der Waals surface area (Å²) in [6.07, 6.45) is 4.77. The van der Waals surface area contributed by atoms with Gasteiger partial charge in [-0.15, -0.1) is 11.3 Å². The number of hydrogen-bond acceptors (Lipinski definition) is 5. The zero-order valence-corrected chi connectivity index (χ0v) is 15.2. The Morgan fingerprint density at radius 3 is 2.36 bits per heavy atom. The second-order valence-electron chi connectivity index (χ2n) is 5.52. The Bertz CT molecular complexity index is 886. The molecule has 1 N–H and O–H groups in total. The van der Waals surface area contributed by atoms with Crippen molar-refractivity contribution in [3.8, 4) is 23.0 Å². The molecule has 0 spiro atoms. The number of phenolic OH excluding ortho intramolecular Hbond substituents is 1. The molecule has 0 aliphatic carbocycles. The lowest BCUT2D eigenvalue weighted by atomic mass is 10.1. The minimum absolute atomic E-state index is 0.337. The van der Waals surface area contributed by atoms with Crippen molar-refractivity contribution in [1.82, 2.24) is 0 Å². The number of allylic oxidation sites excluding steroid dienone is 1. The smallest absolute Gasteiger partial charge is 0.203 e. The first-order valence-electron chi connectivity index (χ1n) is 7.82. The highest BCUT2D eigenvalue weighted by atomic mass is 32.1. The molecule has 130 valence electrons. The predicted octanol–water partition coefficient (Wildman–Crippen LogP) is 4.89. The molecule has 0 unspecified atom stereocenters. The van der Waals surface area contributed by atoms with E-state index in [0.717, 1.165) is 27.6 Å². The van der Waals surface area contributed by atoms with E-state index in [4.69, 9.17) is 14.2 Å². The largest absolute Gasteiger partial charge is 0.506 e. The molecule has 0 aliphatic heterocycles. The predicted molar refractivity (Wildman–Crippen MR) is 102 cm³/mol. The summed E-state index contributed by atoms with van der Waals surface area (Å²) in [5, 5.41) is 13.1. The molecule has 0 aliphatic rings. The molecule has 3 rings (SSSR count). The molecule has 5 heteroatoms. The fraction of sp³-hybridized carbons (Fsp3) is 0.200. The van der Waals surface area contributed by atoms with Crippen molar-refractivity contribution in [2.75, 3.05) is 21.3 Å². The second kappa shape index (κ2) is 7.49. The number of phenols is 1. The van der Waals surface area contributed by atoms with Gasteiger partial charge in [-0.25, -0.2) is 0 Å². The molecule has 25 heavy (non-hydrogen) atoms. The van der Waals surface area contributed by atoms with Gasteiger partial charge in [-0.05, 0) is 58.6 Å². The summed E-state index contributed by atoms with van der Waals surface area (Å²) in [7, 11) is 4.79. The average molecular weight is 356 g/mol. The first-order valence-corrected chi connectivity index (χ1v) is 8.70. The summed E-state index contributed by atoms with van der Waals surface area (Å²) in [6, 6.07) is 9.74. The molecule has 0 fully saturated rings. The van der Waals surface area contributed by atoms with Gasteiger partial charge >= 0.3 is 0 Å². The van der Waals surface area contributed by atoms with Crippen molar-refractivity contribution in [2.45, 2.75) is 6.42 Å². The maximum Gasteiger partial charge on any atom is 0.203 e. The van der Waals surface area contributed by atoms with Gasteiger partial charge in [0, 0.05) is 0 Å². The Morgan fingerprint density at radius 2 is 1.72 bits per heavy atom. The molecule has 0 amide bonds. The molecular weight excluding hydrogens is 336 g/mol. The number of methoxy groups -OCH3 is 3. The maximum atomic E-state index is 10.1.